The molecule has 15 heavy (non-hydrogen) atoms. The molecular weight excluding hydrogens is 208 g/mol. The second-order valence-electron chi connectivity index (χ2n) is 3.77. The Bertz CT molecular complexity index is 275. The van der Waals surface area contributed by atoms with Gasteiger partial charge in [0.15, 0.2) is 5.76 Å². The van der Waals surface area contributed by atoms with E-state index in [9.17, 15) is 0 Å². The van der Waals surface area contributed by atoms with E-state index >= 15 is 0 Å². The number of aromatic nitrogens is 1. The van der Waals surface area contributed by atoms with Gasteiger partial charge in [0.05, 0.1) is 12.2 Å². The van der Waals surface area contributed by atoms with Crippen LogP contribution in [0.15, 0.2) is 10.6 Å². The molecule has 0 unspecified atom stereocenters. The van der Waals surface area contributed by atoms with E-state index in [0.29, 0.717) is 6.04 Å². The zero-order chi connectivity index (χ0) is 11.1. The molecule has 3 nitrogen and oxygen atoms in total. The first-order valence-corrected chi connectivity index (χ1v) is 6.82. The first-order chi connectivity index (χ1) is 7.26. The maximum absolute atomic E-state index is 5.23. The zero-order valence-corrected chi connectivity index (χ0v) is 10.6. The van der Waals surface area contributed by atoms with Crippen LogP contribution < -0.4 is 5.32 Å². The number of hydrogen-bond acceptors (Lipinski definition) is 4. The molecule has 0 radical (unpaired) electrons. The van der Waals surface area contributed by atoms with Crippen molar-refractivity contribution in [3.8, 4) is 0 Å². The van der Waals surface area contributed by atoms with Gasteiger partial charge < -0.3 is 9.84 Å². The van der Waals surface area contributed by atoms with Crippen LogP contribution in [0.25, 0.3) is 0 Å². The number of nitrogens with one attached hydrogen (secondary N) is 1. The fourth-order valence-corrected chi connectivity index (χ4v) is 2.01. The summed E-state index contributed by atoms with van der Waals surface area (Å²) in [7, 11) is 0. The number of thioether (sulfide) groups is 1. The Hall–Kier alpha value is -0.480. The van der Waals surface area contributed by atoms with Crippen molar-refractivity contribution in [2.24, 2.45) is 0 Å². The molecule has 1 aromatic rings. The fraction of sp³-hybridized carbons (Fsp3) is 0.727. The summed E-state index contributed by atoms with van der Waals surface area (Å²) in [6.45, 7) is 5.10. The Morgan fingerprint density at radius 2 is 2.40 bits per heavy atom. The smallest absolute Gasteiger partial charge is 0.150 e. The second-order valence-corrected chi connectivity index (χ2v) is 4.68. The van der Waals surface area contributed by atoms with E-state index in [2.05, 4.69) is 30.6 Å². The summed E-state index contributed by atoms with van der Waals surface area (Å²) in [6, 6.07) is 2.56. The van der Waals surface area contributed by atoms with Crippen LogP contribution in [0.5, 0.6) is 0 Å². The van der Waals surface area contributed by atoms with Crippen LogP contribution in [-0.4, -0.2) is 23.2 Å². The van der Waals surface area contributed by atoms with Crippen molar-refractivity contribution in [3.63, 3.8) is 0 Å². The molecule has 1 atom stereocenters. The average Bonchev–Trinajstić information content (AvgIpc) is 2.64. The lowest BCUT2D eigenvalue weighted by molar-refractivity contribution is 0.363. The van der Waals surface area contributed by atoms with Gasteiger partial charge in [0.2, 0.25) is 0 Å². The van der Waals surface area contributed by atoms with Crippen molar-refractivity contribution < 1.29 is 4.52 Å². The Kier molecular flexibility index (Phi) is 5.79. The molecule has 1 aromatic heterocycles. The second kappa shape index (κ2) is 6.90. The van der Waals surface area contributed by atoms with Crippen molar-refractivity contribution >= 4 is 11.8 Å². The Labute approximate surface area is 96.0 Å². The summed E-state index contributed by atoms with van der Waals surface area (Å²) in [5.74, 6) is 2.06. The number of rotatable bonds is 7. The van der Waals surface area contributed by atoms with Crippen LogP contribution >= 0.6 is 11.8 Å². The van der Waals surface area contributed by atoms with Gasteiger partial charge in [0.1, 0.15) is 0 Å². The number of hydrogen-bond donors (Lipinski definition) is 1. The minimum Gasteiger partial charge on any atom is -0.360 e. The average molecular weight is 228 g/mol. The van der Waals surface area contributed by atoms with Crippen molar-refractivity contribution in [1.82, 2.24) is 10.5 Å². The maximum Gasteiger partial charge on any atom is 0.150 e. The van der Waals surface area contributed by atoms with Gasteiger partial charge in [-0.15, -0.1) is 0 Å². The van der Waals surface area contributed by atoms with Gasteiger partial charge in [-0.05, 0) is 19.6 Å². The van der Waals surface area contributed by atoms with Gasteiger partial charge in [0.25, 0.3) is 0 Å². The van der Waals surface area contributed by atoms with Gasteiger partial charge >= 0.3 is 0 Å². The molecule has 0 saturated heterocycles. The highest BCUT2D eigenvalue weighted by Crippen LogP contribution is 2.06. The van der Waals surface area contributed by atoms with Gasteiger partial charge in [-0.25, -0.2) is 0 Å². The molecule has 0 fully saturated rings. The van der Waals surface area contributed by atoms with E-state index < -0.39 is 0 Å². The minimum absolute atomic E-state index is 0.514. The molecule has 86 valence electrons. The quantitative estimate of drug-likeness (QED) is 0.778. The number of nitrogens with zero attached hydrogens (tertiary/aromatic N) is 1. The molecule has 0 saturated carbocycles. The highest BCUT2D eigenvalue weighted by atomic mass is 32.2. The highest BCUT2D eigenvalue weighted by molar-refractivity contribution is 7.98. The standard InChI is InChI=1S/C11H20N2OS/c1-4-5-10-6-11(14-13-10)7-12-9(2)8-15-3/h6,9,12H,4-5,7-8H2,1-3H3/t9-/m1/s1. The summed E-state index contributed by atoms with van der Waals surface area (Å²) in [4.78, 5) is 0. The van der Waals surface area contributed by atoms with E-state index in [1.165, 1.54) is 0 Å². The SMILES string of the molecule is CCCc1cc(CN[C@H](C)CSC)on1. The molecule has 1 N–H and O–H groups in total. The van der Waals surface area contributed by atoms with E-state index in [1.54, 1.807) is 0 Å². The van der Waals surface area contributed by atoms with Gasteiger partial charge in [-0.1, -0.05) is 18.5 Å². The van der Waals surface area contributed by atoms with Crippen molar-refractivity contribution in [3.05, 3.63) is 17.5 Å². The van der Waals surface area contributed by atoms with Gasteiger partial charge in [-0.2, -0.15) is 11.8 Å². The summed E-state index contributed by atoms with van der Waals surface area (Å²) in [5.41, 5.74) is 1.06. The molecule has 0 aliphatic carbocycles. The molecule has 4 heteroatoms. The van der Waals surface area contributed by atoms with Crippen molar-refractivity contribution in [2.75, 3.05) is 12.0 Å². The number of aryl methyl sites for hydroxylation is 1. The van der Waals surface area contributed by atoms with Crippen LogP contribution in [0.2, 0.25) is 0 Å². The van der Waals surface area contributed by atoms with Crippen LogP contribution in [-0.2, 0) is 13.0 Å². The molecule has 0 aliphatic heterocycles. The lowest BCUT2D eigenvalue weighted by atomic mass is 10.2. The maximum atomic E-state index is 5.23. The zero-order valence-electron chi connectivity index (χ0n) is 9.75. The third-order valence-electron chi connectivity index (χ3n) is 2.16. The minimum atomic E-state index is 0.514. The van der Waals surface area contributed by atoms with Gasteiger partial charge in [-0.3, -0.25) is 0 Å². The van der Waals surface area contributed by atoms with E-state index in [-0.39, 0.29) is 0 Å². The van der Waals surface area contributed by atoms with E-state index in [4.69, 9.17) is 4.52 Å². The molecule has 0 bridgehead atoms. The monoisotopic (exact) mass is 228 g/mol. The lowest BCUT2D eigenvalue weighted by Gasteiger charge is -2.09. The van der Waals surface area contributed by atoms with Crippen LogP contribution in [0.3, 0.4) is 0 Å². The molecule has 0 aromatic carbocycles. The third-order valence-corrected chi connectivity index (χ3v) is 2.99. The topological polar surface area (TPSA) is 38.1 Å². The van der Waals surface area contributed by atoms with Crippen LogP contribution in [0.4, 0.5) is 0 Å². The first-order valence-electron chi connectivity index (χ1n) is 5.43. The first kappa shape index (κ1) is 12.6. The summed E-state index contributed by atoms with van der Waals surface area (Å²) >= 11 is 1.85. The molecular formula is C11H20N2OS. The van der Waals surface area contributed by atoms with Crippen molar-refractivity contribution in [1.29, 1.82) is 0 Å². The normalized spacial score (nSPS) is 13.0. The Morgan fingerprint density at radius 1 is 1.60 bits per heavy atom. The van der Waals surface area contributed by atoms with Crippen LogP contribution in [0.1, 0.15) is 31.7 Å². The molecule has 1 rings (SSSR count). The molecule has 0 aliphatic rings. The van der Waals surface area contributed by atoms with Crippen molar-refractivity contribution in [2.45, 2.75) is 39.3 Å². The van der Waals surface area contributed by atoms with Gasteiger partial charge in [0, 0.05) is 17.9 Å². The third kappa shape index (κ3) is 4.71. The summed E-state index contributed by atoms with van der Waals surface area (Å²) in [6.07, 6.45) is 4.23. The summed E-state index contributed by atoms with van der Waals surface area (Å²) in [5, 5.41) is 7.41. The largest absolute Gasteiger partial charge is 0.360 e. The fourth-order valence-electron chi connectivity index (χ4n) is 1.40. The summed E-state index contributed by atoms with van der Waals surface area (Å²) < 4.78 is 5.23. The predicted octanol–water partition coefficient (Wildman–Crippen LogP) is 2.47. The lowest BCUT2D eigenvalue weighted by Crippen LogP contribution is -2.27. The molecule has 0 spiro atoms. The molecule has 1 heterocycles. The van der Waals surface area contributed by atoms with Crippen LogP contribution in [0, 0.1) is 0 Å². The van der Waals surface area contributed by atoms with E-state index in [0.717, 1.165) is 36.6 Å². The predicted molar refractivity (Wildman–Crippen MR) is 65.2 cm³/mol. The molecule has 0 amide bonds. The Balaban J connectivity index is 2.30. The van der Waals surface area contributed by atoms with E-state index in [1.807, 2.05) is 17.8 Å². The Morgan fingerprint density at radius 3 is 3.07 bits per heavy atom. The highest BCUT2D eigenvalue weighted by Gasteiger charge is 2.05.